The first-order chi connectivity index (χ1) is 11.9. The van der Waals surface area contributed by atoms with Gasteiger partial charge in [0.25, 0.3) is 0 Å². The molecule has 0 radical (unpaired) electrons. The number of aromatic nitrogens is 4. The fraction of sp³-hybridized carbons (Fsp3) is 0.111. The standard InChI is InChI=1S/C18H14N4S2/c1-2-8-14-13(7-1)19-17(20-14)23-11-5-6-12-24-18-21-15-9-3-4-10-16(15)22-18/h1-4,7-10H,11-12H2,(H,19,20)(H,21,22). The molecule has 2 aromatic heterocycles. The number of hydrogen-bond acceptors (Lipinski definition) is 4. The second kappa shape index (κ2) is 7.04. The van der Waals surface area contributed by atoms with Crippen molar-refractivity contribution in [1.29, 1.82) is 0 Å². The van der Waals surface area contributed by atoms with E-state index >= 15 is 0 Å². The number of fused-ring (bicyclic) bond motifs is 2. The second-order valence-electron chi connectivity index (χ2n) is 5.05. The summed E-state index contributed by atoms with van der Waals surface area (Å²) in [5.41, 5.74) is 4.11. The van der Waals surface area contributed by atoms with Crippen molar-refractivity contribution in [3.8, 4) is 11.8 Å². The number of benzene rings is 2. The third-order valence-corrected chi connectivity index (χ3v) is 4.93. The Bertz CT molecular complexity index is 891. The zero-order chi connectivity index (χ0) is 16.2. The highest BCUT2D eigenvalue weighted by Crippen LogP contribution is 2.19. The Morgan fingerprint density at radius 3 is 1.62 bits per heavy atom. The molecule has 2 aromatic carbocycles. The number of aromatic amines is 2. The number of H-pyrrole nitrogens is 2. The molecule has 24 heavy (non-hydrogen) atoms. The van der Waals surface area contributed by atoms with Crippen LogP contribution >= 0.6 is 23.5 Å². The summed E-state index contributed by atoms with van der Waals surface area (Å²) in [5, 5.41) is 1.82. The van der Waals surface area contributed by atoms with Gasteiger partial charge in [0.2, 0.25) is 0 Å². The molecular weight excluding hydrogens is 336 g/mol. The van der Waals surface area contributed by atoms with Crippen molar-refractivity contribution in [2.45, 2.75) is 10.3 Å². The normalized spacial score (nSPS) is 10.8. The number of para-hydroxylation sites is 4. The van der Waals surface area contributed by atoms with Gasteiger partial charge in [0.15, 0.2) is 10.3 Å². The maximum Gasteiger partial charge on any atom is 0.167 e. The molecule has 118 valence electrons. The molecule has 2 heterocycles. The average Bonchev–Trinajstić information content (AvgIpc) is 3.20. The Balaban J connectivity index is 1.29. The Labute approximate surface area is 147 Å². The molecule has 0 spiro atoms. The van der Waals surface area contributed by atoms with E-state index in [0.29, 0.717) is 0 Å². The van der Waals surface area contributed by atoms with Crippen molar-refractivity contribution >= 4 is 45.6 Å². The van der Waals surface area contributed by atoms with Gasteiger partial charge in [0, 0.05) is 0 Å². The van der Waals surface area contributed by atoms with Gasteiger partial charge in [-0.1, -0.05) is 59.6 Å². The molecule has 0 unspecified atom stereocenters. The monoisotopic (exact) mass is 350 g/mol. The van der Waals surface area contributed by atoms with Gasteiger partial charge < -0.3 is 9.97 Å². The van der Waals surface area contributed by atoms with Crippen molar-refractivity contribution < 1.29 is 0 Å². The Hall–Kier alpha value is -2.36. The summed E-state index contributed by atoms with van der Waals surface area (Å²) in [6.45, 7) is 0. The molecule has 4 rings (SSSR count). The molecule has 0 bridgehead atoms. The van der Waals surface area contributed by atoms with Crippen LogP contribution in [0.1, 0.15) is 0 Å². The minimum Gasteiger partial charge on any atom is -0.333 e. The summed E-state index contributed by atoms with van der Waals surface area (Å²) in [7, 11) is 0. The summed E-state index contributed by atoms with van der Waals surface area (Å²) in [4.78, 5) is 15.6. The van der Waals surface area contributed by atoms with E-state index in [1.54, 1.807) is 23.5 Å². The van der Waals surface area contributed by atoms with Crippen LogP contribution in [0.3, 0.4) is 0 Å². The zero-order valence-electron chi connectivity index (χ0n) is 12.7. The second-order valence-corrected chi connectivity index (χ2v) is 6.98. The van der Waals surface area contributed by atoms with Crippen molar-refractivity contribution in [3.05, 3.63) is 48.5 Å². The molecule has 0 aliphatic heterocycles. The van der Waals surface area contributed by atoms with Crippen molar-refractivity contribution in [2.24, 2.45) is 0 Å². The highest BCUT2D eigenvalue weighted by molar-refractivity contribution is 7.99. The van der Waals surface area contributed by atoms with Gasteiger partial charge in [-0.25, -0.2) is 9.97 Å². The van der Waals surface area contributed by atoms with Crippen LogP contribution in [0, 0.1) is 11.8 Å². The summed E-state index contributed by atoms with van der Waals surface area (Å²) < 4.78 is 0. The van der Waals surface area contributed by atoms with Crippen LogP contribution in [0.25, 0.3) is 22.1 Å². The van der Waals surface area contributed by atoms with Crippen LogP contribution in [-0.4, -0.2) is 31.4 Å². The number of nitrogens with zero attached hydrogens (tertiary/aromatic N) is 2. The first-order valence-electron chi connectivity index (χ1n) is 7.49. The lowest BCUT2D eigenvalue weighted by molar-refractivity contribution is 1.08. The van der Waals surface area contributed by atoms with Crippen LogP contribution in [0.15, 0.2) is 58.8 Å². The van der Waals surface area contributed by atoms with Crippen molar-refractivity contribution in [1.82, 2.24) is 19.9 Å². The number of hydrogen-bond donors (Lipinski definition) is 2. The first-order valence-corrected chi connectivity index (χ1v) is 9.46. The summed E-state index contributed by atoms with van der Waals surface area (Å²) in [6.07, 6.45) is 0. The molecule has 0 atom stereocenters. The predicted octanol–water partition coefficient (Wildman–Crippen LogP) is 4.33. The summed E-state index contributed by atoms with van der Waals surface area (Å²) in [5.74, 6) is 7.79. The Morgan fingerprint density at radius 2 is 1.17 bits per heavy atom. The number of rotatable bonds is 4. The van der Waals surface area contributed by atoms with E-state index in [1.807, 2.05) is 48.5 Å². The molecule has 0 saturated heterocycles. The molecule has 0 fully saturated rings. The summed E-state index contributed by atoms with van der Waals surface area (Å²) >= 11 is 3.25. The van der Waals surface area contributed by atoms with Gasteiger partial charge in [-0.3, -0.25) is 0 Å². The lowest BCUT2D eigenvalue weighted by atomic mass is 10.3. The van der Waals surface area contributed by atoms with E-state index in [1.165, 1.54) is 0 Å². The van der Waals surface area contributed by atoms with E-state index in [2.05, 4.69) is 31.8 Å². The highest BCUT2D eigenvalue weighted by Gasteiger charge is 2.02. The fourth-order valence-electron chi connectivity index (χ4n) is 2.31. The lowest BCUT2D eigenvalue weighted by Gasteiger charge is -1.89. The van der Waals surface area contributed by atoms with E-state index in [4.69, 9.17) is 0 Å². The lowest BCUT2D eigenvalue weighted by Crippen LogP contribution is -1.79. The SMILES string of the molecule is C(#CCSc1nc2ccccc2[nH]1)CSc1nc2ccccc2[nH]1. The maximum absolute atomic E-state index is 4.52. The van der Waals surface area contributed by atoms with Crippen LogP contribution in [-0.2, 0) is 0 Å². The van der Waals surface area contributed by atoms with Crippen LogP contribution in [0.5, 0.6) is 0 Å². The molecule has 4 aromatic rings. The fourth-order valence-corrected chi connectivity index (χ4v) is 3.62. The minimum absolute atomic E-state index is 0.723. The Morgan fingerprint density at radius 1 is 0.708 bits per heavy atom. The van der Waals surface area contributed by atoms with Gasteiger partial charge in [-0.05, 0) is 24.3 Å². The molecule has 0 aliphatic rings. The Kier molecular flexibility index (Phi) is 4.45. The van der Waals surface area contributed by atoms with Crippen LogP contribution < -0.4 is 0 Å². The van der Waals surface area contributed by atoms with E-state index in [9.17, 15) is 0 Å². The van der Waals surface area contributed by atoms with Gasteiger partial charge in [-0.15, -0.1) is 0 Å². The molecule has 4 nitrogen and oxygen atoms in total. The largest absolute Gasteiger partial charge is 0.333 e. The third kappa shape index (κ3) is 3.42. The minimum atomic E-state index is 0.723. The molecule has 0 aliphatic carbocycles. The average molecular weight is 350 g/mol. The molecule has 0 saturated carbocycles. The third-order valence-electron chi connectivity index (χ3n) is 3.42. The quantitative estimate of drug-likeness (QED) is 0.425. The van der Waals surface area contributed by atoms with Crippen molar-refractivity contribution in [3.63, 3.8) is 0 Å². The van der Waals surface area contributed by atoms with Gasteiger partial charge in [-0.2, -0.15) is 0 Å². The molecule has 6 heteroatoms. The maximum atomic E-state index is 4.52. The first kappa shape index (κ1) is 15.2. The van der Waals surface area contributed by atoms with E-state index in [-0.39, 0.29) is 0 Å². The summed E-state index contributed by atoms with van der Waals surface area (Å²) in [6, 6.07) is 16.1. The number of imidazole rings is 2. The van der Waals surface area contributed by atoms with Gasteiger partial charge in [0.05, 0.1) is 33.6 Å². The van der Waals surface area contributed by atoms with Crippen LogP contribution in [0.2, 0.25) is 0 Å². The topological polar surface area (TPSA) is 57.4 Å². The smallest absolute Gasteiger partial charge is 0.167 e. The van der Waals surface area contributed by atoms with Gasteiger partial charge in [0.1, 0.15) is 0 Å². The zero-order valence-corrected chi connectivity index (χ0v) is 14.4. The van der Waals surface area contributed by atoms with E-state index < -0.39 is 0 Å². The highest BCUT2D eigenvalue weighted by atomic mass is 32.2. The predicted molar refractivity (Wildman–Crippen MR) is 101 cm³/mol. The van der Waals surface area contributed by atoms with Crippen molar-refractivity contribution in [2.75, 3.05) is 11.5 Å². The number of thioether (sulfide) groups is 2. The number of nitrogens with one attached hydrogen (secondary N) is 2. The molecule has 2 N–H and O–H groups in total. The van der Waals surface area contributed by atoms with Gasteiger partial charge >= 0.3 is 0 Å². The van der Waals surface area contributed by atoms with Crippen LogP contribution in [0.4, 0.5) is 0 Å². The molecular formula is C18H14N4S2. The molecule has 0 amide bonds. The van der Waals surface area contributed by atoms with E-state index in [0.717, 1.165) is 43.9 Å².